The lowest BCUT2D eigenvalue weighted by Gasteiger charge is -2.58. The molecule has 18 heteroatoms. The second kappa shape index (κ2) is 12.3. The van der Waals surface area contributed by atoms with E-state index in [2.05, 4.69) is 103 Å². The Hall–Kier alpha value is -2.33. The number of hydrogen-bond donors (Lipinski definition) is 2. The van der Waals surface area contributed by atoms with E-state index in [1.807, 2.05) is 34.1 Å². The Morgan fingerprint density at radius 2 is 0.950 bits per heavy atom. The van der Waals surface area contributed by atoms with Gasteiger partial charge in [-0.25, -0.2) is 0 Å². The highest BCUT2D eigenvalue weighted by atomic mass is 33.1. The van der Waals surface area contributed by atoms with Crippen molar-refractivity contribution in [2.45, 2.75) is 133 Å². The third kappa shape index (κ3) is 4.58. The molecule has 0 saturated carbocycles. The molecule has 0 aromatic heterocycles. The molecule has 2 N–H and O–H groups in total. The molecular weight excluding hydrogens is 869 g/mol. The Labute approximate surface area is 371 Å². The Morgan fingerprint density at radius 1 is 0.600 bits per heavy atom. The predicted octanol–water partition coefficient (Wildman–Crippen LogP) is 7.39. The molecule has 10 aliphatic heterocycles. The lowest BCUT2D eigenvalue weighted by molar-refractivity contribution is -0.166. The average Bonchev–Trinajstić information content (AvgIpc) is 3.87. The molecule has 8 saturated heterocycles. The summed E-state index contributed by atoms with van der Waals surface area (Å²) in [6.45, 7) is 21.9. The summed E-state index contributed by atoms with van der Waals surface area (Å²) in [5.41, 5.74) is 1.78. The second-order valence-corrected chi connectivity index (χ2v) is 36.1. The number of amides is 4. The van der Waals surface area contributed by atoms with Gasteiger partial charge in [0.25, 0.3) is 23.6 Å². The summed E-state index contributed by atoms with van der Waals surface area (Å²) in [7, 11) is 4.70. The molecule has 12 rings (SSSR count). The van der Waals surface area contributed by atoms with Gasteiger partial charge in [0.1, 0.15) is 12.3 Å². The number of benzene rings is 2. The van der Waals surface area contributed by atoms with Gasteiger partial charge in [-0.1, -0.05) is 99.5 Å². The van der Waals surface area contributed by atoms with Gasteiger partial charge in [0, 0.05) is 38.3 Å². The Kier molecular flexibility index (Phi) is 8.52. The van der Waals surface area contributed by atoms with E-state index in [1.165, 1.54) is 43.2 Å². The molecule has 2 aromatic carbocycles. The quantitative estimate of drug-likeness (QED) is 0.213. The van der Waals surface area contributed by atoms with Crippen molar-refractivity contribution in [2.75, 3.05) is 37.9 Å². The van der Waals surface area contributed by atoms with E-state index in [0.717, 1.165) is 22.5 Å². The molecule has 1 unspecified atom stereocenters. The SMILES string of the molecule is CN1C(=O)[C@@]23CC4([C@]56C[C@@]78SS[C@](CO[Si](C)(C)C(C)(C)C)(C(=O)N7[C@H]5Nc5ccccc56)N(C)C8=O)c5ccccc5N[C@@H]4N2C(=O)[C@@]1(CO[Si](C)(C)C(C)(C)C)SS3. The molecule has 4 bridgehead atoms. The van der Waals surface area contributed by atoms with Crippen molar-refractivity contribution in [3.05, 3.63) is 59.7 Å². The van der Waals surface area contributed by atoms with Crippen molar-refractivity contribution in [1.82, 2.24) is 19.6 Å². The van der Waals surface area contributed by atoms with Crippen LogP contribution in [0.1, 0.15) is 65.5 Å². The topological polar surface area (TPSA) is 124 Å². The molecular formula is C42H56N6O6S4Si2. The number of hydrogen-bond acceptors (Lipinski definition) is 12. The molecule has 4 amide bonds. The van der Waals surface area contributed by atoms with Crippen LogP contribution in [0.5, 0.6) is 0 Å². The molecule has 8 fully saturated rings. The van der Waals surface area contributed by atoms with Gasteiger partial charge in [-0.2, -0.15) is 0 Å². The first-order valence-corrected chi connectivity index (χ1v) is 30.9. The number of piperazine rings is 2. The highest BCUT2D eigenvalue weighted by Gasteiger charge is 2.88. The third-order valence-electron chi connectivity index (χ3n) is 16.4. The number of nitrogens with zero attached hydrogens (tertiary/aromatic N) is 4. The zero-order valence-corrected chi connectivity index (χ0v) is 41.7. The zero-order valence-electron chi connectivity index (χ0n) is 36.5. The van der Waals surface area contributed by atoms with Crippen LogP contribution in [0, 0.1) is 0 Å². The Bertz CT molecular complexity index is 2150. The van der Waals surface area contributed by atoms with Crippen LogP contribution in [-0.4, -0.2) is 119 Å². The van der Waals surface area contributed by atoms with Crippen LogP contribution in [0.25, 0.3) is 0 Å². The summed E-state index contributed by atoms with van der Waals surface area (Å²) in [4.78, 5) is 64.1. The lowest BCUT2D eigenvalue weighted by atomic mass is 9.54. The number of carbonyl (C=O) groups is 4. The number of rotatable bonds is 7. The maximum atomic E-state index is 15.7. The van der Waals surface area contributed by atoms with Crippen LogP contribution in [0.15, 0.2) is 48.5 Å². The van der Waals surface area contributed by atoms with E-state index in [1.54, 1.807) is 23.9 Å². The monoisotopic (exact) mass is 924 g/mol. The summed E-state index contributed by atoms with van der Waals surface area (Å²) in [6.07, 6.45) is -0.788. The predicted molar refractivity (Wildman–Crippen MR) is 247 cm³/mol. The molecule has 0 radical (unpaired) electrons. The van der Waals surface area contributed by atoms with Crippen molar-refractivity contribution in [1.29, 1.82) is 0 Å². The van der Waals surface area contributed by atoms with E-state index < -0.39 is 59.3 Å². The minimum atomic E-state index is -2.34. The van der Waals surface area contributed by atoms with Gasteiger partial charge in [0.15, 0.2) is 26.4 Å². The lowest BCUT2D eigenvalue weighted by Crippen LogP contribution is -2.78. The maximum Gasteiger partial charge on any atom is 0.265 e. The zero-order chi connectivity index (χ0) is 43.2. The van der Waals surface area contributed by atoms with E-state index in [-0.39, 0.29) is 59.8 Å². The van der Waals surface area contributed by atoms with Crippen LogP contribution in [0.4, 0.5) is 11.4 Å². The number of likely N-dealkylation sites (N-methyl/N-ethyl adjacent to an activating group) is 2. The average molecular weight is 925 g/mol. The Morgan fingerprint density at radius 3 is 1.30 bits per heavy atom. The van der Waals surface area contributed by atoms with E-state index in [4.69, 9.17) is 8.85 Å². The Balaban J connectivity index is 1.16. The van der Waals surface area contributed by atoms with Gasteiger partial charge in [0.2, 0.25) is 9.74 Å². The highest BCUT2D eigenvalue weighted by molar-refractivity contribution is 8.78. The first kappa shape index (κ1) is 41.7. The van der Waals surface area contributed by atoms with E-state index in [0.29, 0.717) is 0 Å². The maximum absolute atomic E-state index is 15.7. The smallest absolute Gasteiger partial charge is 0.265 e. The minimum absolute atomic E-state index is 0.0821. The number of fused-ring (bicyclic) bond motifs is 11. The van der Waals surface area contributed by atoms with Crippen molar-refractivity contribution in [3.63, 3.8) is 0 Å². The minimum Gasteiger partial charge on any atom is -0.413 e. The molecule has 2 aromatic rings. The third-order valence-corrected chi connectivity index (χ3v) is 32.6. The van der Waals surface area contributed by atoms with E-state index >= 15 is 19.2 Å². The number of anilines is 2. The fourth-order valence-electron chi connectivity index (χ4n) is 10.9. The van der Waals surface area contributed by atoms with Crippen LogP contribution in [-0.2, 0) is 38.9 Å². The number of carbonyl (C=O) groups excluding carboxylic acids is 4. The fraction of sp³-hybridized carbons (Fsp3) is 0.619. The normalized spacial score (nSPS) is 37.5. The summed E-state index contributed by atoms with van der Waals surface area (Å²) >= 11 is 0. The molecule has 8 atom stereocenters. The van der Waals surface area contributed by atoms with Gasteiger partial charge in [-0.3, -0.25) is 29.0 Å². The summed E-state index contributed by atoms with van der Waals surface area (Å²) in [5.74, 6) is -0.559. The molecule has 0 aliphatic carbocycles. The van der Waals surface area contributed by atoms with Gasteiger partial charge in [-0.05, 0) is 81.1 Å². The van der Waals surface area contributed by atoms with Crippen molar-refractivity contribution >= 4 is 94.8 Å². The van der Waals surface area contributed by atoms with Crippen LogP contribution < -0.4 is 10.6 Å². The van der Waals surface area contributed by atoms with Crippen molar-refractivity contribution in [2.24, 2.45) is 0 Å². The second-order valence-electron chi connectivity index (χ2n) is 21.1. The molecule has 10 aliphatic rings. The molecule has 60 heavy (non-hydrogen) atoms. The first-order valence-electron chi connectivity index (χ1n) is 20.8. The summed E-state index contributed by atoms with van der Waals surface area (Å²) in [5, 5.41) is 7.50. The summed E-state index contributed by atoms with van der Waals surface area (Å²) in [6, 6.07) is 16.4. The van der Waals surface area contributed by atoms with Crippen LogP contribution >= 0.6 is 43.2 Å². The van der Waals surface area contributed by atoms with Gasteiger partial charge >= 0.3 is 0 Å². The largest absolute Gasteiger partial charge is 0.413 e. The van der Waals surface area contributed by atoms with Crippen LogP contribution in [0.2, 0.25) is 36.3 Å². The molecule has 10 heterocycles. The van der Waals surface area contributed by atoms with Gasteiger partial charge < -0.3 is 29.3 Å². The van der Waals surface area contributed by atoms with Gasteiger partial charge in [0.05, 0.1) is 24.0 Å². The standard InChI is InChI=1S/C42H56N6O6S4Si2/c1-35(2,3)59(9,10)53-23-41-33(51)47-29-37(25-17-13-15-19-27(25)43-29,21-39(47,55-57-41)31(49)45(41)7)38-22-40-32(50)46(8)42(58-56-40,24-54-60(11,12)36(4,5)6)34(52)48(40)30(38)44-28-20-16-14-18-26(28)38/h13-20,29-30,43-44H,21-24H2,1-12H3/t29-,30-,37+,38?,39+,40+,41-,42-/m1/s1. The fourth-order valence-corrected chi connectivity index (χ4v) is 20.4. The number of para-hydroxylation sites is 2. The highest BCUT2D eigenvalue weighted by Crippen LogP contribution is 2.79. The van der Waals surface area contributed by atoms with E-state index in [9.17, 15) is 0 Å². The summed E-state index contributed by atoms with van der Waals surface area (Å²) < 4.78 is 13.7. The van der Waals surface area contributed by atoms with Crippen LogP contribution in [0.3, 0.4) is 0 Å². The molecule has 2 spiro atoms. The first-order chi connectivity index (χ1) is 27.9. The van der Waals surface area contributed by atoms with Gasteiger partial charge in [-0.15, -0.1) is 0 Å². The number of nitrogens with one attached hydrogen (secondary N) is 2. The van der Waals surface area contributed by atoms with Crippen molar-refractivity contribution in [3.8, 4) is 0 Å². The molecule has 12 nitrogen and oxygen atoms in total. The molecule has 322 valence electrons. The van der Waals surface area contributed by atoms with Crippen molar-refractivity contribution < 1.29 is 28.0 Å².